The van der Waals surface area contributed by atoms with Crippen LogP contribution in [0.3, 0.4) is 0 Å². The summed E-state index contributed by atoms with van der Waals surface area (Å²) < 4.78 is 0. The molecule has 0 radical (unpaired) electrons. The maximum Gasteiger partial charge on any atom is 0.261 e. The zero-order valence-electron chi connectivity index (χ0n) is 10.2. The fourth-order valence-electron chi connectivity index (χ4n) is 1.61. The normalized spacial score (nSPS) is 11.3. The second-order valence-electron chi connectivity index (χ2n) is 3.89. The number of aromatic amines is 1. The molecule has 2 rings (SSSR count). The van der Waals surface area contributed by atoms with E-state index < -0.39 is 0 Å². The molecule has 1 aromatic heterocycles. The Kier molecular flexibility index (Phi) is 3.46. The molecular weight excluding hydrogens is 246 g/mol. The first kappa shape index (κ1) is 12.6. The zero-order valence-corrected chi connectivity index (χ0v) is 10.2. The highest BCUT2D eigenvalue weighted by Crippen LogP contribution is 2.17. The van der Waals surface area contributed by atoms with E-state index in [2.05, 4.69) is 15.4 Å². The predicted octanol–water partition coefficient (Wildman–Crippen LogP) is 0.781. The van der Waals surface area contributed by atoms with Crippen LogP contribution in [0.25, 0.3) is 0 Å². The van der Waals surface area contributed by atoms with Gasteiger partial charge in [0.25, 0.3) is 5.91 Å². The van der Waals surface area contributed by atoms with Gasteiger partial charge in [-0.1, -0.05) is 17.3 Å². The van der Waals surface area contributed by atoms with E-state index in [4.69, 9.17) is 10.9 Å². The van der Waals surface area contributed by atoms with Crippen molar-refractivity contribution in [2.45, 2.75) is 0 Å². The number of oxime groups is 1. The summed E-state index contributed by atoms with van der Waals surface area (Å²) in [5.41, 5.74) is 7.14. The van der Waals surface area contributed by atoms with Crippen molar-refractivity contribution in [3.05, 3.63) is 47.8 Å². The number of anilines is 1. The van der Waals surface area contributed by atoms with Crippen LogP contribution in [0.15, 0.2) is 41.8 Å². The molecule has 19 heavy (non-hydrogen) atoms. The van der Waals surface area contributed by atoms with Gasteiger partial charge < -0.3 is 15.8 Å². The average molecular weight is 259 g/mol. The van der Waals surface area contributed by atoms with Crippen LogP contribution in [0, 0.1) is 0 Å². The summed E-state index contributed by atoms with van der Waals surface area (Å²) in [6.45, 7) is 0. The van der Waals surface area contributed by atoms with Gasteiger partial charge in [0.2, 0.25) is 0 Å². The summed E-state index contributed by atoms with van der Waals surface area (Å²) >= 11 is 0. The van der Waals surface area contributed by atoms with Crippen molar-refractivity contribution in [2.24, 2.45) is 10.9 Å². The minimum absolute atomic E-state index is 0.00832. The van der Waals surface area contributed by atoms with Crippen LogP contribution >= 0.6 is 0 Å². The standard InChI is InChI=1S/C12H13N5O2/c1-17(12(18)9-6-14-15-7-9)10-4-2-3-8(5-10)11(13)16-19/h2-7,19H,1H3,(H2,13,16)(H,14,15). The Morgan fingerprint density at radius 1 is 1.47 bits per heavy atom. The van der Waals surface area contributed by atoms with E-state index in [0.29, 0.717) is 16.8 Å². The Labute approximate surface area is 109 Å². The van der Waals surface area contributed by atoms with Crippen LogP contribution in [0.2, 0.25) is 0 Å². The second kappa shape index (κ2) is 5.21. The first-order chi connectivity index (χ1) is 9.13. The predicted molar refractivity (Wildman–Crippen MR) is 70.3 cm³/mol. The van der Waals surface area contributed by atoms with E-state index in [1.54, 1.807) is 31.3 Å². The first-order valence-corrected chi connectivity index (χ1v) is 5.48. The SMILES string of the molecule is CN(C(=O)c1cn[nH]c1)c1cccc(C(N)=NO)c1. The number of nitrogens with one attached hydrogen (secondary N) is 1. The molecule has 0 bridgehead atoms. The number of aromatic nitrogens is 2. The molecule has 0 fully saturated rings. The van der Waals surface area contributed by atoms with Gasteiger partial charge in [0, 0.05) is 24.5 Å². The number of amidine groups is 1. The van der Waals surface area contributed by atoms with Crippen LogP contribution in [-0.4, -0.2) is 34.2 Å². The van der Waals surface area contributed by atoms with Gasteiger partial charge in [0.15, 0.2) is 5.84 Å². The molecule has 4 N–H and O–H groups in total. The van der Waals surface area contributed by atoms with Crippen LogP contribution in [0.1, 0.15) is 15.9 Å². The van der Waals surface area contributed by atoms with E-state index in [9.17, 15) is 4.79 Å². The van der Waals surface area contributed by atoms with Gasteiger partial charge in [-0.25, -0.2) is 0 Å². The summed E-state index contributed by atoms with van der Waals surface area (Å²) in [6, 6.07) is 6.83. The average Bonchev–Trinajstić information content (AvgIpc) is 2.99. The van der Waals surface area contributed by atoms with Crippen LogP contribution < -0.4 is 10.6 Å². The Balaban J connectivity index is 2.29. The van der Waals surface area contributed by atoms with Crippen LogP contribution in [0.4, 0.5) is 5.69 Å². The fourth-order valence-corrected chi connectivity index (χ4v) is 1.61. The number of rotatable bonds is 3. The number of benzene rings is 1. The van der Waals surface area contributed by atoms with E-state index in [1.807, 2.05) is 0 Å². The number of carbonyl (C=O) groups is 1. The number of hydrogen-bond donors (Lipinski definition) is 3. The Morgan fingerprint density at radius 2 is 2.26 bits per heavy atom. The smallest absolute Gasteiger partial charge is 0.261 e. The van der Waals surface area contributed by atoms with E-state index in [-0.39, 0.29) is 11.7 Å². The van der Waals surface area contributed by atoms with E-state index >= 15 is 0 Å². The third-order valence-electron chi connectivity index (χ3n) is 2.69. The fraction of sp³-hybridized carbons (Fsp3) is 0.0833. The van der Waals surface area contributed by atoms with Crippen LogP contribution in [0.5, 0.6) is 0 Å². The molecule has 0 spiro atoms. The van der Waals surface area contributed by atoms with Crippen molar-refractivity contribution in [3.8, 4) is 0 Å². The monoisotopic (exact) mass is 259 g/mol. The molecule has 0 atom stereocenters. The zero-order chi connectivity index (χ0) is 13.8. The maximum absolute atomic E-state index is 12.1. The highest BCUT2D eigenvalue weighted by Gasteiger charge is 2.15. The number of carbonyl (C=O) groups excluding carboxylic acids is 1. The van der Waals surface area contributed by atoms with Crippen LogP contribution in [-0.2, 0) is 0 Å². The van der Waals surface area contributed by atoms with Crippen molar-refractivity contribution >= 4 is 17.4 Å². The largest absolute Gasteiger partial charge is 0.409 e. The first-order valence-electron chi connectivity index (χ1n) is 5.48. The number of H-pyrrole nitrogens is 1. The third-order valence-corrected chi connectivity index (χ3v) is 2.69. The molecule has 0 aliphatic carbocycles. The number of hydrogen-bond acceptors (Lipinski definition) is 4. The Bertz CT molecular complexity index is 606. The Hall–Kier alpha value is -2.83. The molecule has 2 aromatic rings. The molecule has 1 heterocycles. The molecule has 0 saturated heterocycles. The van der Waals surface area contributed by atoms with Crippen molar-refractivity contribution in [3.63, 3.8) is 0 Å². The van der Waals surface area contributed by atoms with Gasteiger partial charge in [0.1, 0.15) is 0 Å². The van der Waals surface area contributed by atoms with Gasteiger partial charge in [-0.2, -0.15) is 5.10 Å². The lowest BCUT2D eigenvalue weighted by Crippen LogP contribution is -2.26. The van der Waals surface area contributed by atoms with Crippen molar-refractivity contribution < 1.29 is 10.0 Å². The van der Waals surface area contributed by atoms with Crippen molar-refractivity contribution in [2.75, 3.05) is 11.9 Å². The molecule has 0 saturated carbocycles. The van der Waals surface area contributed by atoms with Gasteiger partial charge in [-0.05, 0) is 12.1 Å². The lowest BCUT2D eigenvalue weighted by molar-refractivity contribution is 0.0993. The van der Waals surface area contributed by atoms with E-state index in [1.165, 1.54) is 17.3 Å². The van der Waals surface area contributed by atoms with E-state index in [0.717, 1.165) is 0 Å². The van der Waals surface area contributed by atoms with Crippen molar-refractivity contribution in [1.29, 1.82) is 0 Å². The summed E-state index contributed by atoms with van der Waals surface area (Å²) in [5.74, 6) is -0.212. The molecule has 0 aliphatic rings. The molecule has 7 heteroatoms. The molecule has 1 amide bonds. The van der Waals surface area contributed by atoms with Gasteiger partial charge in [0.05, 0.1) is 11.8 Å². The minimum Gasteiger partial charge on any atom is -0.409 e. The highest BCUT2D eigenvalue weighted by molar-refractivity contribution is 6.06. The van der Waals surface area contributed by atoms with Gasteiger partial charge >= 0.3 is 0 Å². The Morgan fingerprint density at radius 3 is 2.89 bits per heavy atom. The third kappa shape index (κ3) is 2.54. The topological polar surface area (TPSA) is 108 Å². The lowest BCUT2D eigenvalue weighted by atomic mass is 10.1. The second-order valence-corrected chi connectivity index (χ2v) is 3.89. The molecule has 0 aliphatic heterocycles. The van der Waals surface area contributed by atoms with Crippen molar-refractivity contribution in [1.82, 2.24) is 10.2 Å². The number of amides is 1. The molecule has 7 nitrogen and oxygen atoms in total. The molecule has 0 unspecified atom stereocenters. The summed E-state index contributed by atoms with van der Waals surface area (Å²) in [7, 11) is 1.64. The quantitative estimate of drug-likeness (QED) is 0.327. The van der Waals surface area contributed by atoms with Gasteiger partial charge in [-0.15, -0.1) is 0 Å². The highest BCUT2D eigenvalue weighted by atomic mass is 16.4. The number of nitrogens with two attached hydrogens (primary N) is 1. The van der Waals surface area contributed by atoms with Gasteiger partial charge in [-0.3, -0.25) is 9.89 Å². The molecule has 1 aromatic carbocycles. The summed E-state index contributed by atoms with van der Waals surface area (Å²) in [6.07, 6.45) is 2.97. The summed E-state index contributed by atoms with van der Waals surface area (Å²) in [4.78, 5) is 13.6. The molecular formula is C12H13N5O2. The molecule has 98 valence electrons. The lowest BCUT2D eigenvalue weighted by Gasteiger charge is -2.17. The number of nitrogens with zero attached hydrogens (tertiary/aromatic N) is 3. The minimum atomic E-state index is -0.203. The summed E-state index contributed by atoms with van der Waals surface area (Å²) in [5, 5.41) is 17.9. The maximum atomic E-state index is 12.1.